The van der Waals surface area contributed by atoms with Crippen LogP contribution in [0.5, 0.6) is 0 Å². The first kappa shape index (κ1) is 21.1. The van der Waals surface area contributed by atoms with E-state index >= 15 is 0 Å². The number of carboxylic acids is 1. The van der Waals surface area contributed by atoms with Gasteiger partial charge in [0.15, 0.2) is 0 Å². The molecule has 98 valence electrons. The number of alkyl halides is 1. The Kier molecular flexibility index (Phi) is 16.9. The lowest BCUT2D eigenvalue weighted by molar-refractivity contribution is -0.138. The molecular formula is C8H18Cl3N3O2. The van der Waals surface area contributed by atoms with Gasteiger partial charge in [0.25, 0.3) is 0 Å². The average Bonchev–Trinajstić information content (AvgIpc) is 2.16. The van der Waals surface area contributed by atoms with Gasteiger partial charge in [-0.05, 0) is 25.8 Å². The number of carboxylic acid groups (broad SMARTS) is 1. The van der Waals surface area contributed by atoms with Gasteiger partial charge >= 0.3 is 5.97 Å². The van der Waals surface area contributed by atoms with Crippen LogP contribution in [0.15, 0.2) is 4.99 Å². The molecule has 0 aliphatic heterocycles. The molecule has 0 aromatic rings. The summed E-state index contributed by atoms with van der Waals surface area (Å²) in [7, 11) is 0. The number of aliphatic imine (C=N–C) groups is 1. The quantitative estimate of drug-likeness (QED) is 0.282. The molecule has 0 saturated carbocycles. The molecule has 0 amide bonds. The molecule has 0 aromatic heterocycles. The van der Waals surface area contributed by atoms with Crippen LogP contribution in [0.2, 0.25) is 0 Å². The standard InChI is InChI=1S/C8H16ClN3O2.2ClH/c9-5-7(11)12-6(8(13)14)3-1-2-4-10;;/h6H,1-5,10H2,(H2,11,12)(H,13,14);2*1H/t6-;;/m0../s1. The molecule has 0 saturated heterocycles. The molecule has 0 spiro atoms. The van der Waals surface area contributed by atoms with E-state index in [-0.39, 0.29) is 36.5 Å². The molecule has 0 bridgehead atoms. The molecular weight excluding hydrogens is 276 g/mol. The van der Waals surface area contributed by atoms with E-state index < -0.39 is 12.0 Å². The third kappa shape index (κ3) is 10.3. The van der Waals surface area contributed by atoms with Crippen LogP contribution < -0.4 is 11.5 Å². The lowest BCUT2D eigenvalue weighted by Gasteiger charge is -2.07. The highest BCUT2D eigenvalue weighted by atomic mass is 35.5. The van der Waals surface area contributed by atoms with Crippen molar-refractivity contribution in [1.29, 1.82) is 0 Å². The topological polar surface area (TPSA) is 102 Å². The fourth-order valence-electron chi connectivity index (χ4n) is 0.960. The minimum atomic E-state index is -0.977. The minimum Gasteiger partial charge on any atom is -0.480 e. The van der Waals surface area contributed by atoms with Crippen molar-refractivity contribution in [2.75, 3.05) is 12.4 Å². The summed E-state index contributed by atoms with van der Waals surface area (Å²) in [5.74, 6) is -0.761. The molecule has 0 aromatic carbocycles. The molecule has 8 heteroatoms. The number of amidine groups is 1. The Bertz CT molecular complexity index is 215. The molecule has 0 aliphatic carbocycles. The maximum Gasteiger partial charge on any atom is 0.328 e. The zero-order chi connectivity index (χ0) is 11.0. The number of hydrogen-bond donors (Lipinski definition) is 3. The highest BCUT2D eigenvalue weighted by molar-refractivity contribution is 6.28. The van der Waals surface area contributed by atoms with E-state index in [0.29, 0.717) is 13.0 Å². The monoisotopic (exact) mass is 293 g/mol. The number of halogens is 3. The number of hydrogen-bond acceptors (Lipinski definition) is 3. The lowest BCUT2D eigenvalue weighted by Crippen LogP contribution is -2.24. The summed E-state index contributed by atoms with van der Waals surface area (Å²) in [5.41, 5.74) is 10.6. The molecule has 0 unspecified atom stereocenters. The molecule has 0 aliphatic rings. The van der Waals surface area contributed by atoms with Crippen LogP contribution in [-0.4, -0.2) is 35.4 Å². The highest BCUT2D eigenvalue weighted by Gasteiger charge is 2.15. The minimum absolute atomic E-state index is 0. The van der Waals surface area contributed by atoms with Crippen molar-refractivity contribution in [3.63, 3.8) is 0 Å². The molecule has 0 rings (SSSR count). The van der Waals surface area contributed by atoms with E-state index in [9.17, 15) is 4.79 Å². The van der Waals surface area contributed by atoms with Gasteiger partial charge in [0.1, 0.15) is 11.9 Å². The summed E-state index contributed by atoms with van der Waals surface area (Å²) in [5, 5.41) is 8.78. The second kappa shape index (κ2) is 12.8. The van der Waals surface area contributed by atoms with Gasteiger partial charge in [-0.3, -0.25) is 4.99 Å². The van der Waals surface area contributed by atoms with E-state index in [1.165, 1.54) is 0 Å². The Morgan fingerprint density at radius 3 is 2.31 bits per heavy atom. The zero-order valence-electron chi connectivity index (χ0n) is 8.76. The average molecular weight is 295 g/mol. The maximum absolute atomic E-state index is 10.7. The zero-order valence-corrected chi connectivity index (χ0v) is 11.2. The van der Waals surface area contributed by atoms with Gasteiger partial charge in [-0.25, -0.2) is 4.79 Å². The second-order valence-corrected chi connectivity index (χ2v) is 3.16. The smallest absolute Gasteiger partial charge is 0.328 e. The largest absolute Gasteiger partial charge is 0.480 e. The fourth-order valence-corrected chi connectivity index (χ4v) is 1.03. The Hall–Kier alpha value is -0.230. The van der Waals surface area contributed by atoms with Crippen LogP contribution in [-0.2, 0) is 4.79 Å². The van der Waals surface area contributed by atoms with E-state index in [0.717, 1.165) is 12.8 Å². The number of unbranched alkanes of at least 4 members (excludes halogenated alkanes) is 1. The summed E-state index contributed by atoms with van der Waals surface area (Å²) < 4.78 is 0. The number of aliphatic carboxylic acids is 1. The van der Waals surface area contributed by atoms with Crippen LogP contribution in [0, 0.1) is 0 Å². The fraction of sp³-hybridized carbons (Fsp3) is 0.750. The summed E-state index contributed by atoms with van der Waals surface area (Å²) in [6.07, 6.45) is 1.97. The van der Waals surface area contributed by atoms with Gasteiger partial charge in [0.05, 0.1) is 5.88 Å². The molecule has 5 N–H and O–H groups in total. The summed E-state index contributed by atoms with van der Waals surface area (Å²) >= 11 is 5.39. The van der Waals surface area contributed by atoms with Crippen molar-refractivity contribution in [3.8, 4) is 0 Å². The Morgan fingerprint density at radius 2 is 1.94 bits per heavy atom. The van der Waals surface area contributed by atoms with Gasteiger partial charge in [0.2, 0.25) is 0 Å². The Morgan fingerprint density at radius 1 is 1.38 bits per heavy atom. The molecule has 0 fully saturated rings. The maximum atomic E-state index is 10.7. The molecule has 5 nitrogen and oxygen atoms in total. The predicted molar refractivity (Wildman–Crippen MR) is 71.2 cm³/mol. The predicted octanol–water partition coefficient (Wildman–Crippen LogP) is 1.01. The van der Waals surface area contributed by atoms with Crippen LogP contribution in [0.25, 0.3) is 0 Å². The molecule has 1 atom stereocenters. The highest BCUT2D eigenvalue weighted by Crippen LogP contribution is 2.05. The summed E-state index contributed by atoms with van der Waals surface area (Å²) in [4.78, 5) is 14.5. The molecule has 0 radical (unpaired) electrons. The number of nitrogens with two attached hydrogens (primary N) is 2. The van der Waals surface area contributed by atoms with Gasteiger partial charge in [-0.2, -0.15) is 0 Å². The SMILES string of the molecule is Cl.Cl.NCCCC[C@H](N=C(N)CCl)C(=O)O. The number of rotatable bonds is 7. The molecule has 16 heavy (non-hydrogen) atoms. The first-order valence-electron chi connectivity index (χ1n) is 4.42. The Labute approximate surface area is 112 Å². The second-order valence-electron chi connectivity index (χ2n) is 2.89. The van der Waals surface area contributed by atoms with E-state index in [1.807, 2.05) is 0 Å². The normalized spacial score (nSPS) is 12.2. The van der Waals surface area contributed by atoms with Crippen molar-refractivity contribution in [1.82, 2.24) is 0 Å². The van der Waals surface area contributed by atoms with Gasteiger partial charge in [-0.15, -0.1) is 36.4 Å². The lowest BCUT2D eigenvalue weighted by atomic mass is 10.1. The summed E-state index contributed by atoms with van der Waals surface area (Å²) in [6.45, 7) is 0.557. The van der Waals surface area contributed by atoms with Crippen LogP contribution in [0.3, 0.4) is 0 Å². The number of carbonyl (C=O) groups is 1. The van der Waals surface area contributed by atoms with Crippen molar-refractivity contribution in [2.24, 2.45) is 16.5 Å². The van der Waals surface area contributed by atoms with E-state index in [4.69, 9.17) is 28.2 Å². The third-order valence-corrected chi connectivity index (χ3v) is 1.95. The first-order chi connectivity index (χ1) is 6.61. The van der Waals surface area contributed by atoms with Crippen molar-refractivity contribution in [2.45, 2.75) is 25.3 Å². The van der Waals surface area contributed by atoms with Crippen molar-refractivity contribution in [3.05, 3.63) is 0 Å². The van der Waals surface area contributed by atoms with Crippen LogP contribution in [0.4, 0.5) is 0 Å². The van der Waals surface area contributed by atoms with Gasteiger partial charge < -0.3 is 16.6 Å². The third-order valence-electron chi connectivity index (χ3n) is 1.68. The van der Waals surface area contributed by atoms with Crippen molar-refractivity contribution < 1.29 is 9.90 Å². The van der Waals surface area contributed by atoms with Crippen LogP contribution in [0.1, 0.15) is 19.3 Å². The van der Waals surface area contributed by atoms with E-state index in [2.05, 4.69) is 4.99 Å². The van der Waals surface area contributed by atoms with Gasteiger partial charge in [0, 0.05) is 0 Å². The summed E-state index contributed by atoms with van der Waals surface area (Å²) in [6, 6.07) is -0.791. The van der Waals surface area contributed by atoms with Gasteiger partial charge in [-0.1, -0.05) is 0 Å². The molecule has 0 heterocycles. The Balaban J connectivity index is -0.000000845. The van der Waals surface area contributed by atoms with E-state index in [1.54, 1.807) is 0 Å². The van der Waals surface area contributed by atoms with Crippen molar-refractivity contribution >= 4 is 48.2 Å². The van der Waals surface area contributed by atoms with Crippen LogP contribution >= 0.6 is 36.4 Å². The first-order valence-corrected chi connectivity index (χ1v) is 4.96. The number of nitrogens with zero attached hydrogens (tertiary/aromatic N) is 1.